The monoisotopic (exact) mass is 441 g/mol. The lowest BCUT2D eigenvalue weighted by molar-refractivity contribution is -0.118. The third-order valence-corrected chi connectivity index (χ3v) is 7.42. The van der Waals surface area contributed by atoms with Crippen molar-refractivity contribution in [2.45, 2.75) is 58.2 Å². The number of rotatable bonds is 5. The van der Waals surface area contributed by atoms with Gasteiger partial charge in [-0.05, 0) is 49.9 Å². The summed E-state index contributed by atoms with van der Waals surface area (Å²) < 4.78 is 4.49. The number of nitrogens with zero attached hydrogens (tertiary/aromatic N) is 4. The average Bonchev–Trinajstić information content (AvgIpc) is 3.55. The van der Waals surface area contributed by atoms with E-state index in [2.05, 4.69) is 74.9 Å². The smallest absolute Gasteiger partial charge is 0.239 e. The Morgan fingerprint density at radius 2 is 1.85 bits per heavy atom. The molecule has 1 amide bonds. The molecule has 2 aliphatic rings. The number of fused-ring (bicyclic) bond motifs is 1. The molecule has 0 spiro atoms. The lowest BCUT2D eigenvalue weighted by Gasteiger charge is -2.37. The van der Waals surface area contributed by atoms with Gasteiger partial charge in [-0.3, -0.25) is 9.69 Å². The highest BCUT2D eigenvalue weighted by Gasteiger charge is 2.31. The zero-order valence-electron chi connectivity index (χ0n) is 19.4. The van der Waals surface area contributed by atoms with Gasteiger partial charge in [-0.2, -0.15) is 5.26 Å². The summed E-state index contributed by atoms with van der Waals surface area (Å²) in [7, 11) is 0. The van der Waals surface area contributed by atoms with Crippen LogP contribution in [0.25, 0.3) is 0 Å². The van der Waals surface area contributed by atoms with E-state index in [0.29, 0.717) is 17.4 Å². The molecule has 3 heterocycles. The van der Waals surface area contributed by atoms with Crippen molar-refractivity contribution in [1.29, 1.82) is 5.26 Å². The highest BCUT2D eigenvalue weighted by molar-refractivity contribution is 5.93. The fraction of sp³-hybridized carbons (Fsp3) is 0.407. The third kappa shape index (κ3) is 3.87. The summed E-state index contributed by atoms with van der Waals surface area (Å²) in [6.45, 7) is 5.98. The van der Waals surface area contributed by atoms with Gasteiger partial charge in [0.2, 0.25) is 5.91 Å². The number of carbonyl (C=O) groups excluding carboxylic acids is 1. The van der Waals surface area contributed by atoms with Crippen LogP contribution in [0, 0.1) is 25.2 Å². The van der Waals surface area contributed by atoms with Gasteiger partial charge in [0.15, 0.2) is 0 Å². The van der Waals surface area contributed by atoms with E-state index in [9.17, 15) is 10.1 Å². The molecule has 1 aliphatic heterocycles. The van der Waals surface area contributed by atoms with Crippen molar-refractivity contribution in [2.75, 3.05) is 18.4 Å². The summed E-state index contributed by atoms with van der Waals surface area (Å²) >= 11 is 0. The standard InChI is InChI=1S/C27H31N5O/c1-19-20(2)32(22-11-6-7-12-22)27(23(19)17-28)29-25(33)18-31-16-15-30-14-8-13-24(30)26(31)21-9-4-3-5-10-21/h3-5,8-10,13-14,22,26H,6-7,11-12,15-16,18H2,1-2H3,(H,29,33). The Kier molecular flexibility index (Phi) is 5.82. The van der Waals surface area contributed by atoms with Crippen molar-refractivity contribution in [2.24, 2.45) is 0 Å². The van der Waals surface area contributed by atoms with Gasteiger partial charge in [-0.25, -0.2) is 0 Å². The number of aromatic nitrogens is 2. The van der Waals surface area contributed by atoms with Gasteiger partial charge in [-0.15, -0.1) is 0 Å². The van der Waals surface area contributed by atoms with Crippen molar-refractivity contribution >= 4 is 11.7 Å². The number of benzene rings is 1. The first-order valence-electron chi connectivity index (χ1n) is 11.9. The number of amides is 1. The Morgan fingerprint density at radius 1 is 1.09 bits per heavy atom. The molecule has 0 radical (unpaired) electrons. The van der Waals surface area contributed by atoms with E-state index < -0.39 is 0 Å². The second kappa shape index (κ2) is 8.92. The summed E-state index contributed by atoms with van der Waals surface area (Å²) in [4.78, 5) is 15.6. The SMILES string of the molecule is Cc1c(C#N)c(NC(=O)CN2CCn3cccc3C2c2ccccc2)n(C2CCCC2)c1C. The molecule has 5 rings (SSSR count). The largest absolute Gasteiger partial charge is 0.348 e. The molecule has 33 heavy (non-hydrogen) atoms. The normalized spacial score (nSPS) is 18.8. The van der Waals surface area contributed by atoms with E-state index in [1.807, 2.05) is 13.0 Å². The van der Waals surface area contributed by atoms with Gasteiger partial charge in [0.05, 0.1) is 18.2 Å². The van der Waals surface area contributed by atoms with Crippen LogP contribution in [-0.2, 0) is 11.3 Å². The van der Waals surface area contributed by atoms with Crippen LogP contribution in [0.1, 0.15) is 65.8 Å². The molecule has 1 N–H and O–H groups in total. The number of hydrogen-bond acceptors (Lipinski definition) is 3. The molecule has 170 valence electrons. The van der Waals surface area contributed by atoms with E-state index in [1.54, 1.807) is 0 Å². The Balaban J connectivity index is 1.43. The Hall–Kier alpha value is -3.30. The van der Waals surface area contributed by atoms with Crippen LogP contribution in [-0.4, -0.2) is 33.0 Å². The second-order valence-electron chi connectivity index (χ2n) is 9.31. The molecule has 1 atom stereocenters. The lowest BCUT2D eigenvalue weighted by Crippen LogP contribution is -2.42. The fourth-order valence-electron chi connectivity index (χ4n) is 5.68. The maximum absolute atomic E-state index is 13.4. The van der Waals surface area contributed by atoms with Gasteiger partial charge in [-0.1, -0.05) is 43.2 Å². The van der Waals surface area contributed by atoms with E-state index >= 15 is 0 Å². The number of anilines is 1. The lowest BCUT2D eigenvalue weighted by atomic mass is 10.00. The topological polar surface area (TPSA) is 66.0 Å². The molecule has 1 fully saturated rings. The highest BCUT2D eigenvalue weighted by Crippen LogP contribution is 2.38. The molecule has 6 heteroatoms. The third-order valence-electron chi connectivity index (χ3n) is 7.42. The highest BCUT2D eigenvalue weighted by atomic mass is 16.2. The maximum atomic E-state index is 13.4. The molecule has 1 aliphatic carbocycles. The van der Waals surface area contributed by atoms with E-state index in [0.717, 1.165) is 37.2 Å². The van der Waals surface area contributed by atoms with E-state index in [1.165, 1.54) is 24.1 Å². The van der Waals surface area contributed by atoms with E-state index in [4.69, 9.17) is 0 Å². The van der Waals surface area contributed by atoms with Crippen molar-refractivity contribution in [3.8, 4) is 6.07 Å². The first kappa shape index (κ1) is 21.5. The maximum Gasteiger partial charge on any atom is 0.239 e. The molecular formula is C27H31N5O. The van der Waals surface area contributed by atoms with Crippen molar-refractivity contribution in [1.82, 2.24) is 14.0 Å². The number of carbonyl (C=O) groups is 1. The summed E-state index contributed by atoms with van der Waals surface area (Å²) in [6, 6.07) is 17.3. The van der Waals surface area contributed by atoms with Crippen LogP contribution in [0.2, 0.25) is 0 Å². The second-order valence-corrected chi connectivity index (χ2v) is 9.31. The minimum absolute atomic E-state index is 0.0289. The fourth-order valence-corrected chi connectivity index (χ4v) is 5.68. The van der Waals surface area contributed by atoms with Crippen LogP contribution < -0.4 is 5.32 Å². The predicted molar refractivity (Wildman–Crippen MR) is 129 cm³/mol. The van der Waals surface area contributed by atoms with Crippen LogP contribution in [0.5, 0.6) is 0 Å². The average molecular weight is 442 g/mol. The summed E-state index contributed by atoms with van der Waals surface area (Å²) in [5.41, 5.74) is 5.05. The Bertz CT molecular complexity index is 1190. The van der Waals surface area contributed by atoms with E-state index in [-0.39, 0.29) is 18.5 Å². The number of nitrogens with one attached hydrogen (secondary N) is 1. The van der Waals surface area contributed by atoms with Crippen LogP contribution in [0.4, 0.5) is 5.82 Å². The molecular weight excluding hydrogens is 410 g/mol. The van der Waals surface area contributed by atoms with Crippen LogP contribution in [0.15, 0.2) is 48.7 Å². The van der Waals surface area contributed by atoms with Gasteiger partial charge in [0.25, 0.3) is 0 Å². The molecule has 6 nitrogen and oxygen atoms in total. The molecule has 1 unspecified atom stereocenters. The molecule has 1 saturated carbocycles. The minimum atomic E-state index is -0.0656. The summed E-state index contributed by atoms with van der Waals surface area (Å²) in [5, 5.41) is 13.0. The van der Waals surface area contributed by atoms with Gasteiger partial charge < -0.3 is 14.5 Å². The number of hydrogen-bond donors (Lipinski definition) is 1. The first-order chi connectivity index (χ1) is 16.1. The predicted octanol–water partition coefficient (Wildman–Crippen LogP) is 4.94. The number of nitriles is 1. The molecule has 2 aromatic heterocycles. The zero-order chi connectivity index (χ0) is 22.9. The summed E-state index contributed by atoms with van der Waals surface area (Å²) in [6.07, 6.45) is 6.71. The van der Waals surface area contributed by atoms with Crippen molar-refractivity contribution in [3.05, 3.63) is 76.7 Å². The Morgan fingerprint density at radius 3 is 2.58 bits per heavy atom. The molecule has 0 bridgehead atoms. The van der Waals surface area contributed by atoms with Gasteiger partial charge in [0, 0.05) is 36.7 Å². The summed E-state index contributed by atoms with van der Waals surface area (Å²) in [5.74, 6) is 0.616. The first-order valence-corrected chi connectivity index (χ1v) is 11.9. The van der Waals surface area contributed by atoms with Crippen molar-refractivity contribution < 1.29 is 4.79 Å². The molecule has 0 saturated heterocycles. The van der Waals surface area contributed by atoms with Crippen LogP contribution >= 0.6 is 0 Å². The van der Waals surface area contributed by atoms with Crippen molar-refractivity contribution in [3.63, 3.8) is 0 Å². The van der Waals surface area contributed by atoms with Crippen LogP contribution in [0.3, 0.4) is 0 Å². The Labute approximate surface area is 195 Å². The van der Waals surface area contributed by atoms with Gasteiger partial charge in [0.1, 0.15) is 11.9 Å². The quantitative estimate of drug-likeness (QED) is 0.610. The minimum Gasteiger partial charge on any atom is -0.348 e. The molecule has 3 aromatic rings. The zero-order valence-corrected chi connectivity index (χ0v) is 19.4. The molecule has 1 aromatic carbocycles. The van der Waals surface area contributed by atoms with Gasteiger partial charge >= 0.3 is 0 Å².